The Morgan fingerprint density at radius 3 is 2.35 bits per heavy atom. The minimum absolute atomic E-state index is 0.133. The van der Waals surface area contributed by atoms with Gasteiger partial charge in [-0.05, 0) is 37.1 Å². The van der Waals surface area contributed by atoms with Gasteiger partial charge in [-0.1, -0.05) is 24.3 Å². The van der Waals surface area contributed by atoms with Gasteiger partial charge in [0.15, 0.2) is 11.6 Å². The molecule has 0 spiro atoms. The minimum Gasteiger partial charge on any atom is -0.312 e. The van der Waals surface area contributed by atoms with Gasteiger partial charge in [0.25, 0.3) is 0 Å². The second-order valence-corrected chi connectivity index (χ2v) is 4.71. The molecule has 0 fully saturated rings. The molecule has 0 aliphatic carbocycles. The molecule has 4 heteroatoms. The summed E-state index contributed by atoms with van der Waals surface area (Å²) in [5.41, 5.74) is 2.55. The Labute approximate surface area is 116 Å². The Hall–Kier alpha value is -1.81. The van der Waals surface area contributed by atoms with Crippen molar-refractivity contribution < 1.29 is 13.2 Å². The van der Waals surface area contributed by atoms with Crippen LogP contribution in [0, 0.1) is 24.4 Å². The first-order valence-electron chi connectivity index (χ1n) is 6.46. The number of rotatable bonds is 5. The van der Waals surface area contributed by atoms with Gasteiger partial charge in [-0.15, -0.1) is 0 Å². The summed E-state index contributed by atoms with van der Waals surface area (Å²) >= 11 is 0. The zero-order chi connectivity index (χ0) is 14.5. The van der Waals surface area contributed by atoms with E-state index in [-0.39, 0.29) is 12.1 Å². The van der Waals surface area contributed by atoms with Crippen LogP contribution in [0.15, 0.2) is 36.4 Å². The van der Waals surface area contributed by atoms with Crippen molar-refractivity contribution in [1.82, 2.24) is 5.32 Å². The van der Waals surface area contributed by atoms with E-state index < -0.39 is 17.5 Å². The molecule has 0 amide bonds. The van der Waals surface area contributed by atoms with Crippen molar-refractivity contribution in [2.45, 2.75) is 19.9 Å². The van der Waals surface area contributed by atoms with Crippen molar-refractivity contribution in [2.75, 3.05) is 6.54 Å². The van der Waals surface area contributed by atoms with Gasteiger partial charge in [-0.3, -0.25) is 0 Å². The lowest BCUT2D eigenvalue weighted by Gasteiger charge is -2.08. The number of hydrogen-bond acceptors (Lipinski definition) is 1. The lowest BCUT2D eigenvalue weighted by molar-refractivity contribution is 0.487. The molecular weight excluding hydrogens is 263 g/mol. The predicted molar refractivity (Wildman–Crippen MR) is 72.9 cm³/mol. The molecule has 0 aliphatic rings. The van der Waals surface area contributed by atoms with E-state index in [1.165, 1.54) is 11.1 Å². The molecule has 1 N–H and O–H groups in total. The predicted octanol–water partition coefficient (Wildman–Crippen LogP) is 3.74. The summed E-state index contributed by atoms with van der Waals surface area (Å²) in [6, 6.07) is 9.49. The Morgan fingerprint density at radius 2 is 1.60 bits per heavy atom. The van der Waals surface area contributed by atoms with Gasteiger partial charge in [0.2, 0.25) is 0 Å². The van der Waals surface area contributed by atoms with Crippen molar-refractivity contribution in [3.05, 3.63) is 70.5 Å². The smallest absolute Gasteiger partial charge is 0.161 e. The molecule has 1 nitrogen and oxygen atoms in total. The highest BCUT2D eigenvalue weighted by molar-refractivity contribution is 5.25. The van der Waals surface area contributed by atoms with Gasteiger partial charge < -0.3 is 5.32 Å². The topological polar surface area (TPSA) is 12.0 Å². The highest BCUT2D eigenvalue weighted by atomic mass is 19.2. The first-order chi connectivity index (χ1) is 9.58. The summed E-state index contributed by atoms with van der Waals surface area (Å²) in [4.78, 5) is 0. The van der Waals surface area contributed by atoms with E-state index in [2.05, 4.69) is 5.32 Å². The van der Waals surface area contributed by atoms with Crippen molar-refractivity contribution >= 4 is 0 Å². The molecule has 0 saturated carbocycles. The second kappa shape index (κ2) is 6.57. The molecule has 0 aromatic heterocycles. The molecule has 2 aromatic rings. The van der Waals surface area contributed by atoms with Crippen molar-refractivity contribution in [3.63, 3.8) is 0 Å². The highest BCUT2D eigenvalue weighted by Crippen LogP contribution is 2.13. The fourth-order valence-electron chi connectivity index (χ4n) is 2.04. The molecule has 106 valence electrons. The van der Waals surface area contributed by atoms with Crippen LogP contribution in [-0.4, -0.2) is 6.54 Å². The third-order valence-corrected chi connectivity index (χ3v) is 3.24. The van der Waals surface area contributed by atoms with E-state index in [4.69, 9.17) is 0 Å². The van der Waals surface area contributed by atoms with Crippen molar-refractivity contribution in [2.24, 2.45) is 0 Å². The van der Waals surface area contributed by atoms with Gasteiger partial charge in [0, 0.05) is 18.2 Å². The van der Waals surface area contributed by atoms with Crippen LogP contribution in [0.4, 0.5) is 13.2 Å². The zero-order valence-corrected chi connectivity index (χ0v) is 11.2. The largest absolute Gasteiger partial charge is 0.312 e. The average Bonchev–Trinajstić information content (AvgIpc) is 2.42. The third kappa shape index (κ3) is 3.61. The van der Waals surface area contributed by atoms with E-state index in [1.807, 2.05) is 31.2 Å². The molecular formula is C16H16F3N. The third-order valence-electron chi connectivity index (χ3n) is 3.24. The number of hydrogen-bond donors (Lipinski definition) is 1. The van der Waals surface area contributed by atoms with Gasteiger partial charge in [0.1, 0.15) is 5.82 Å². The average molecular weight is 279 g/mol. The molecule has 0 bridgehead atoms. The van der Waals surface area contributed by atoms with Crippen LogP contribution in [0.25, 0.3) is 0 Å². The molecule has 0 unspecified atom stereocenters. The summed E-state index contributed by atoms with van der Waals surface area (Å²) < 4.78 is 39.2. The molecule has 0 atom stereocenters. The standard InChI is InChI=1S/C16H16F3N/c1-11-4-2-3-5-12(11)6-7-20-10-13-8-15(18)16(19)9-14(13)17/h2-5,8-9,20H,6-7,10H2,1H3. The number of aryl methyl sites for hydroxylation is 1. The summed E-state index contributed by atoms with van der Waals surface area (Å²) in [7, 11) is 0. The quantitative estimate of drug-likeness (QED) is 0.649. The van der Waals surface area contributed by atoms with Crippen LogP contribution in [-0.2, 0) is 13.0 Å². The van der Waals surface area contributed by atoms with Gasteiger partial charge in [-0.2, -0.15) is 0 Å². The zero-order valence-electron chi connectivity index (χ0n) is 11.2. The minimum atomic E-state index is -1.16. The first-order valence-corrected chi connectivity index (χ1v) is 6.46. The number of benzene rings is 2. The SMILES string of the molecule is Cc1ccccc1CCNCc1cc(F)c(F)cc1F. The van der Waals surface area contributed by atoms with Crippen LogP contribution in [0.1, 0.15) is 16.7 Å². The van der Waals surface area contributed by atoms with Gasteiger partial charge >= 0.3 is 0 Å². The number of nitrogens with one attached hydrogen (secondary N) is 1. The van der Waals surface area contributed by atoms with E-state index >= 15 is 0 Å². The van der Waals surface area contributed by atoms with Crippen LogP contribution in [0.2, 0.25) is 0 Å². The molecule has 20 heavy (non-hydrogen) atoms. The summed E-state index contributed by atoms with van der Waals surface area (Å²) in [5.74, 6) is -2.92. The van der Waals surface area contributed by atoms with Gasteiger partial charge in [-0.25, -0.2) is 13.2 Å². The summed E-state index contributed by atoms with van der Waals surface area (Å²) in [6.07, 6.45) is 0.804. The monoisotopic (exact) mass is 279 g/mol. The fourth-order valence-corrected chi connectivity index (χ4v) is 2.04. The van der Waals surface area contributed by atoms with Crippen LogP contribution in [0.5, 0.6) is 0 Å². The maximum absolute atomic E-state index is 13.4. The summed E-state index contributed by atoms with van der Waals surface area (Å²) in [5, 5.41) is 3.04. The Morgan fingerprint density at radius 1 is 0.900 bits per heavy atom. The molecule has 0 aliphatic heterocycles. The van der Waals surface area contributed by atoms with Gasteiger partial charge in [0.05, 0.1) is 0 Å². The Balaban J connectivity index is 1.88. The first kappa shape index (κ1) is 14.6. The van der Waals surface area contributed by atoms with Crippen LogP contribution in [0.3, 0.4) is 0 Å². The van der Waals surface area contributed by atoms with Crippen molar-refractivity contribution in [1.29, 1.82) is 0 Å². The van der Waals surface area contributed by atoms with Crippen LogP contribution < -0.4 is 5.32 Å². The molecule has 0 heterocycles. The second-order valence-electron chi connectivity index (χ2n) is 4.71. The lowest BCUT2D eigenvalue weighted by atomic mass is 10.1. The fraction of sp³-hybridized carbons (Fsp3) is 0.250. The Kier molecular flexibility index (Phi) is 4.79. The molecule has 0 saturated heterocycles. The van der Waals surface area contributed by atoms with E-state index in [0.717, 1.165) is 12.5 Å². The normalized spacial score (nSPS) is 10.8. The lowest BCUT2D eigenvalue weighted by Crippen LogP contribution is -2.18. The maximum atomic E-state index is 13.4. The summed E-state index contributed by atoms with van der Waals surface area (Å²) in [6.45, 7) is 2.85. The highest BCUT2D eigenvalue weighted by Gasteiger charge is 2.09. The molecule has 0 radical (unpaired) electrons. The van der Waals surface area contributed by atoms with E-state index in [0.29, 0.717) is 12.6 Å². The number of halogens is 3. The maximum Gasteiger partial charge on any atom is 0.161 e. The Bertz CT molecular complexity index is 596. The van der Waals surface area contributed by atoms with Crippen molar-refractivity contribution in [3.8, 4) is 0 Å². The van der Waals surface area contributed by atoms with E-state index in [1.54, 1.807) is 0 Å². The van der Waals surface area contributed by atoms with E-state index in [9.17, 15) is 13.2 Å². The van der Waals surface area contributed by atoms with Crippen LogP contribution >= 0.6 is 0 Å². The molecule has 2 rings (SSSR count). The molecule has 2 aromatic carbocycles.